The molecule has 1 aliphatic carbocycles. The van der Waals surface area contributed by atoms with Crippen molar-refractivity contribution in [3.63, 3.8) is 0 Å². The van der Waals surface area contributed by atoms with E-state index in [9.17, 15) is 32.6 Å². The Balaban J connectivity index is 1.96. The number of alkyl halides is 3. The molecule has 0 saturated heterocycles. The van der Waals surface area contributed by atoms with Crippen molar-refractivity contribution in [3.8, 4) is 5.75 Å². The Bertz CT molecular complexity index is 1270. The van der Waals surface area contributed by atoms with Crippen LogP contribution >= 0.6 is 0 Å². The van der Waals surface area contributed by atoms with Crippen molar-refractivity contribution in [2.24, 2.45) is 0 Å². The standard InChI is InChI=1S/C22H18F4N2O3/c1-2-11-10-21(31,22(24,25)26)20(14-8-15(23)18(29)9-13(11)14)28-17-5-3-4-16-12(17)6-7-19(30)27-16/h2-9,20,28-29,31H,10H2,1H3,(H,27,30)/b11-2-. The molecule has 2 aromatic carbocycles. The SMILES string of the molecule is C/C=C1/CC(O)(C(F)(F)F)C(Nc2cccc3[nH]c(=O)ccc23)c2cc(F)c(O)cc21. The number of aliphatic hydroxyl groups is 1. The summed E-state index contributed by atoms with van der Waals surface area (Å²) in [6.45, 7) is 1.51. The average Bonchev–Trinajstić information content (AvgIpc) is 2.70. The molecule has 0 spiro atoms. The molecule has 3 aromatic rings. The summed E-state index contributed by atoms with van der Waals surface area (Å²) in [7, 11) is 0. The van der Waals surface area contributed by atoms with Gasteiger partial charge in [0.1, 0.15) is 0 Å². The van der Waals surface area contributed by atoms with Crippen LogP contribution in [0.25, 0.3) is 16.5 Å². The lowest BCUT2D eigenvalue weighted by Gasteiger charge is -2.44. The third kappa shape index (κ3) is 3.34. The van der Waals surface area contributed by atoms with Crippen molar-refractivity contribution >= 4 is 22.2 Å². The maximum Gasteiger partial charge on any atom is 0.419 e. The molecular weight excluding hydrogens is 416 g/mol. The van der Waals surface area contributed by atoms with Gasteiger partial charge in [-0.1, -0.05) is 12.1 Å². The second-order valence-electron chi connectivity index (χ2n) is 7.47. The lowest BCUT2D eigenvalue weighted by molar-refractivity contribution is -0.265. The van der Waals surface area contributed by atoms with Gasteiger partial charge in [-0.25, -0.2) is 4.39 Å². The molecule has 2 unspecified atom stereocenters. The Morgan fingerprint density at radius 2 is 1.97 bits per heavy atom. The van der Waals surface area contributed by atoms with Crippen LogP contribution in [-0.4, -0.2) is 27.0 Å². The van der Waals surface area contributed by atoms with Gasteiger partial charge in [-0.05, 0) is 54.0 Å². The normalized spacial score (nSPS) is 22.5. The molecule has 0 bridgehead atoms. The topological polar surface area (TPSA) is 85.4 Å². The van der Waals surface area contributed by atoms with Gasteiger partial charge in [0, 0.05) is 23.6 Å². The minimum absolute atomic E-state index is 0.130. The van der Waals surface area contributed by atoms with Crippen molar-refractivity contribution in [2.45, 2.75) is 31.2 Å². The molecule has 1 heterocycles. The van der Waals surface area contributed by atoms with Crippen LogP contribution in [0.4, 0.5) is 23.2 Å². The van der Waals surface area contributed by atoms with Crippen LogP contribution in [0.1, 0.15) is 30.5 Å². The Hall–Kier alpha value is -3.33. The number of halogens is 4. The quantitative estimate of drug-likeness (QED) is 0.443. The van der Waals surface area contributed by atoms with Crippen molar-refractivity contribution in [1.29, 1.82) is 0 Å². The van der Waals surface area contributed by atoms with Gasteiger partial charge in [0.05, 0.1) is 11.6 Å². The first-order valence-corrected chi connectivity index (χ1v) is 9.41. The Labute approximate surface area is 173 Å². The summed E-state index contributed by atoms with van der Waals surface area (Å²) in [6, 6.07) is 7.38. The highest BCUT2D eigenvalue weighted by atomic mass is 19.4. The van der Waals surface area contributed by atoms with Crippen LogP contribution in [0.15, 0.2) is 53.3 Å². The maximum absolute atomic E-state index is 14.2. The lowest BCUT2D eigenvalue weighted by Crippen LogP contribution is -2.54. The number of benzene rings is 2. The summed E-state index contributed by atoms with van der Waals surface area (Å²) < 4.78 is 56.6. The van der Waals surface area contributed by atoms with Crippen LogP contribution in [0, 0.1) is 5.82 Å². The first-order valence-electron chi connectivity index (χ1n) is 9.41. The van der Waals surface area contributed by atoms with E-state index in [0.29, 0.717) is 10.9 Å². The summed E-state index contributed by atoms with van der Waals surface area (Å²) in [5.41, 5.74) is -2.84. The number of phenols is 1. The number of anilines is 1. The Kier molecular flexibility index (Phi) is 4.81. The number of rotatable bonds is 2. The van der Waals surface area contributed by atoms with E-state index < -0.39 is 35.8 Å². The average molecular weight is 434 g/mol. The van der Waals surface area contributed by atoms with Gasteiger partial charge >= 0.3 is 6.18 Å². The summed E-state index contributed by atoms with van der Waals surface area (Å²) in [6.07, 6.45) is -4.44. The zero-order chi connectivity index (χ0) is 22.6. The summed E-state index contributed by atoms with van der Waals surface area (Å²) in [4.78, 5) is 14.2. The fourth-order valence-corrected chi connectivity index (χ4v) is 4.03. The maximum atomic E-state index is 14.2. The fourth-order valence-electron chi connectivity index (χ4n) is 4.03. The van der Waals surface area contributed by atoms with Crippen LogP contribution < -0.4 is 10.9 Å². The zero-order valence-corrected chi connectivity index (χ0v) is 16.2. The molecule has 0 aliphatic heterocycles. The van der Waals surface area contributed by atoms with Crippen molar-refractivity contribution in [2.75, 3.05) is 5.32 Å². The van der Waals surface area contributed by atoms with E-state index in [0.717, 1.165) is 12.1 Å². The Morgan fingerprint density at radius 3 is 2.65 bits per heavy atom. The number of aromatic hydroxyl groups is 1. The molecule has 4 rings (SSSR count). The highest BCUT2D eigenvalue weighted by Crippen LogP contribution is 2.53. The summed E-state index contributed by atoms with van der Waals surface area (Å²) in [5, 5.41) is 23.8. The minimum Gasteiger partial charge on any atom is -0.505 e. The number of hydrogen-bond acceptors (Lipinski definition) is 4. The molecule has 0 amide bonds. The molecule has 9 heteroatoms. The van der Waals surface area contributed by atoms with Gasteiger partial charge in [-0.3, -0.25) is 4.79 Å². The van der Waals surface area contributed by atoms with E-state index in [2.05, 4.69) is 10.3 Å². The number of aromatic amines is 1. The van der Waals surface area contributed by atoms with Gasteiger partial charge in [-0.2, -0.15) is 13.2 Å². The monoisotopic (exact) mass is 434 g/mol. The number of H-pyrrole nitrogens is 1. The molecule has 4 N–H and O–H groups in total. The molecule has 1 aromatic heterocycles. The number of fused-ring (bicyclic) bond motifs is 2. The van der Waals surface area contributed by atoms with Crippen molar-refractivity contribution < 1.29 is 27.8 Å². The van der Waals surface area contributed by atoms with Crippen molar-refractivity contribution in [1.82, 2.24) is 4.98 Å². The second kappa shape index (κ2) is 7.12. The number of hydrogen-bond donors (Lipinski definition) is 4. The van der Waals surface area contributed by atoms with Gasteiger partial charge in [-0.15, -0.1) is 0 Å². The molecule has 162 valence electrons. The first kappa shape index (κ1) is 20.9. The highest BCUT2D eigenvalue weighted by Gasteiger charge is 2.61. The predicted molar refractivity (Wildman–Crippen MR) is 108 cm³/mol. The number of aromatic nitrogens is 1. The lowest BCUT2D eigenvalue weighted by atomic mass is 9.72. The first-order chi connectivity index (χ1) is 14.5. The van der Waals surface area contributed by atoms with Crippen LogP contribution in [-0.2, 0) is 0 Å². The molecule has 0 saturated carbocycles. The summed E-state index contributed by atoms with van der Waals surface area (Å²) >= 11 is 0. The highest BCUT2D eigenvalue weighted by molar-refractivity contribution is 5.91. The van der Waals surface area contributed by atoms with Crippen molar-refractivity contribution in [3.05, 3.63) is 75.8 Å². The van der Waals surface area contributed by atoms with E-state index in [1.165, 1.54) is 37.3 Å². The third-order valence-electron chi connectivity index (χ3n) is 5.62. The van der Waals surface area contributed by atoms with Gasteiger partial charge in [0.2, 0.25) is 5.56 Å². The number of allylic oxidation sites excluding steroid dienone is 1. The van der Waals surface area contributed by atoms with Crippen LogP contribution in [0.2, 0.25) is 0 Å². The van der Waals surface area contributed by atoms with Crippen LogP contribution in [0.5, 0.6) is 5.75 Å². The molecule has 5 nitrogen and oxygen atoms in total. The van der Waals surface area contributed by atoms with E-state index in [1.807, 2.05) is 0 Å². The fraction of sp³-hybridized carbons (Fsp3) is 0.227. The predicted octanol–water partition coefficient (Wildman–Crippen LogP) is 4.63. The summed E-state index contributed by atoms with van der Waals surface area (Å²) in [5.74, 6) is -1.80. The second-order valence-corrected chi connectivity index (χ2v) is 7.47. The van der Waals surface area contributed by atoms with Gasteiger partial charge < -0.3 is 20.5 Å². The molecule has 1 aliphatic rings. The van der Waals surface area contributed by atoms with E-state index in [-0.39, 0.29) is 27.9 Å². The minimum atomic E-state index is -5.05. The molecule has 0 radical (unpaired) electrons. The number of nitrogens with one attached hydrogen (secondary N) is 2. The number of phenolic OH excluding ortho intramolecular Hbond substituents is 1. The van der Waals surface area contributed by atoms with E-state index in [1.54, 1.807) is 6.07 Å². The smallest absolute Gasteiger partial charge is 0.419 e. The number of pyridine rings is 1. The van der Waals surface area contributed by atoms with Gasteiger partial charge in [0.25, 0.3) is 0 Å². The van der Waals surface area contributed by atoms with Gasteiger partial charge in [0.15, 0.2) is 17.2 Å². The largest absolute Gasteiger partial charge is 0.505 e. The molecule has 31 heavy (non-hydrogen) atoms. The van der Waals surface area contributed by atoms with E-state index in [4.69, 9.17) is 0 Å². The van der Waals surface area contributed by atoms with Crippen LogP contribution in [0.3, 0.4) is 0 Å². The Morgan fingerprint density at radius 1 is 1.23 bits per heavy atom. The molecular formula is C22H18F4N2O3. The molecule has 2 atom stereocenters. The zero-order valence-electron chi connectivity index (χ0n) is 16.2. The molecule has 0 fully saturated rings. The van der Waals surface area contributed by atoms with E-state index >= 15 is 0 Å². The third-order valence-corrected chi connectivity index (χ3v) is 5.62.